The second-order valence-corrected chi connectivity index (χ2v) is 8.30. The molecule has 27 heavy (non-hydrogen) atoms. The number of halogens is 2. The Morgan fingerprint density at radius 3 is 2.63 bits per heavy atom. The number of amides is 1. The molecular formula is C21H20BrClN2O2. The fourth-order valence-corrected chi connectivity index (χ4v) is 3.97. The molecule has 4 nitrogen and oxygen atoms in total. The molecule has 1 saturated heterocycles. The summed E-state index contributed by atoms with van der Waals surface area (Å²) in [6.07, 6.45) is 1.87. The van der Waals surface area contributed by atoms with Crippen LogP contribution in [0, 0.1) is 0 Å². The van der Waals surface area contributed by atoms with Crippen LogP contribution in [0.15, 0.2) is 57.4 Å². The summed E-state index contributed by atoms with van der Waals surface area (Å²) >= 11 is 9.38. The van der Waals surface area contributed by atoms with Crippen LogP contribution in [0.1, 0.15) is 29.0 Å². The van der Waals surface area contributed by atoms with Crippen LogP contribution in [0.4, 0.5) is 0 Å². The zero-order valence-electron chi connectivity index (χ0n) is 14.8. The number of likely N-dealkylation sites (tertiary alicyclic amines) is 1. The zero-order valence-corrected chi connectivity index (χ0v) is 17.1. The van der Waals surface area contributed by atoms with E-state index in [0.717, 1.165) is 52.9 Å². The number of hydrogen-bond acceptors (Lipinski definition) is 3. The minimum absolute atomic E-state index is 0.140. The van der Waals surface area contributed by atoms with Gasteiger partial charge in [0.1, 0.15) is 5.58 Å². The van der Waals surface area contributed by atoms with E-state index in [1.165, 1.54) is 5.56 Å². The van der Waals surface area contributed by atoms with E-state index in [2.05, 4.69) is 38.3 Å². The number of benzene rings is 2. The molecule has 1 aliphatic heterocycles. The first kappa shape index (κ1) is 18.5. The van der Waals surface area contributed by atoms with Crippen molar-refractivity contribution in [2.24, 2.45) is 0 Å². The molecule has 0 unspecified atom stereocenters. The lowest BCUT2D eigenvalue weighted by Crippen LogP contribution is -2.44. The third kappa shape index (κ3) is 4.54. The number of furan rings is 1. The summed E-state index contributed by atoms with van der Waals surface area (Å²) in [7, 11) is 0. The number of hydrogen-bond donors (Lipinski definition) is 1. The van der Waals surface area contributed by atoms with Crippen LogP contribution < -0.4 is 5.32 Å². The fourth-order valence-electron chi connectivity index (χ4n) is 3.47. The maximum atomic E-state index is 12.5. The molecule has 140 valence electrons. The summed E-state index contributed by atoms with van der Waals surface area (Å²) in [5.41, 5.74) is 1.98. The zero-order chi connectivity index (χ0) is 18.8. The summed E-state index contributed by atoms with van der Waals surface area (Å²) in [6, 6.07) is 15.7. The molecule has 1 aromatic heterocycles. The summed E-state index contributed by atoms with van der Waals surface area (Å²) in [5, 5.41) is 4.80. The Morgan fingerprint density at radius 2 is 1.89 bits per heavy atom. The molecular weight excluding hydrogens is 428 g/mol. The van der Waals surface area contributed by atoms with Crippen molar-refractivity contribution in [2.45, 2.75) is 25.4 Å². The van der Waals surface area contributed by atoms with E-state index >= 15 is 0 Å². The van der Waals surface area contributed by atoms with Gasteiger partial charge in [-0.2, -0.15) is 0 Å². The highest BCUT2D eigenvalue weighted by Gasteiger charge is 2.22. The highest BCUT2D eigenvalue weighted by Crippen LogP contribution is 2.24. The second-order valence-electron chi connectivity index (χ2n) is 6.94. The average Bonchev–Trinajstić information content (AvgIpc) is 3.08. The van der Waals surface area contributed by atoms with Crippen LogP contribution >= 0.6 is 27.5 Å². The minimum atomic E-state index is -0.140. The van der Waals surface area contributed by atoms with Crippen molar-refractivity contribution < 1.29 is 9.21 Å². The monoisotopic (exact) mass is 446 g/mol. The van der Waals surface area contributed by atoms with E-state index in [1.54, 1.807) is 6.07 Å². The summed E-state index contributed by atoms with van der Waals surface area (Å²) in [4.78, 5) is 14.9. The lowest BCUT2D eigenvalue weighted by atomic mass is 10.0. The van der Waals surface area contributed by atoms with Crippen molar-refractivity contribution >= 4 is 44.4 Å². The standard InChI is InChI=1S/C21H20BrClN2O2/c22-16-3-6-19-15(11-16)12-20(27-19)21(26)24-18-7-9-25(10-8-18)13-14-1-4-17(23)5-2-14/h1-6,11-12,18H,7-10,13H2,(H,24,26). The topological polar surface area (TPSA) is 45.5 Å². The third-order valence-corrected chi connectivity index (χ3v) is 5.69. The third-order valence-electron chi connectivity index (χ3n) is 4.94. The van der Waals surface area contributed by atoms with Crippen LogP contribution in [-0.2, 0) is 6.54 Å². The smallest absolute Gasteiger partial charge is 0.287 e. The van der Waals surface area contributed by atoms with Gasteiger partial charge in [0, 0.05) is 40.6 Å². The van der Waals surface area contributed by atoms with E-state index < -0.39 is 0 Å². The molecule has 1 fully saturated rings. The van der Waals surface area contributed by atoms with Crippen molar-refractivity contribution in [1.82, 2.24) is 10.2 Å². The quantitative estimate of drug-likeness (QED) is 0.594. The van der Waals surface area contributed by atoms with Crippen molar-refractivity contribution in [2.75, 3.05) is 13.1 Å². The number of fused-ring (bicyclic) bond motifs is 1. The molecule has 6 heteroatoms. The van der Waals surface area contributed by atoms with E-state index in [4.69, 9.17) is 16.0 Å². The number of carbonyl (C=O) groups excluding carboxylic acids is 1. The van der Waals surface area contributed by atoms with Gasteiger partial charge < -0.3 is 9.73 Å². The van der Waals surface area contributed by atoms with Crippen LogP contribution in [0.2, 0.25) is 5.02 Å². The Balaban J connectivity index is 1.31. The maximum absolute atomic E-state index is 12.5. The number of piperidine rings is 1. The summed E-state index contributed by atoms with van der Waals surface area (Å²) < 4.78 is 6.65. The molecule has 1 N–H and O–H groups in total. The molecule has 0 saturated carbocycles. The van der Waals surface area contributed by atoms with Crippen LogP contribution in [0.25, 0.3) is 11.0 Å². The van der Waals surface area contributed by atoms with Crippen molar-refractivity contribution in [3.05, 3.63) is 69.3 Å². The van der Waals surface area contributed by atoms with Gasteiger partial charge in [-0.05, 0) is 54.8 Å². The van der Waals surface area contributed by atoms with E-state index in [9.17, 15) is 4.79 Å². The molecule has 4 rings (SSSR count). The van der Waals surface area contributed by atoms with Crippen LogP contribution in [0.3, 0.4) is 0 Å². The molecule has 1 aliphatic rings. The maximum Gasteiger partial charge on any atom is 0.287 e. The van der Waals surface area contributed by atoms with E-state index in [-0.39, 0.29) is 11.9 Å². The van der Waals surface area contributed by atoms with E-state index in [1.807, 2.05) is 30.3 Å². The van der Waals surface area contributed by atoms with Gasteiger partial charge in [0.15, 0.2) is 5.76 Å². The SMILES string of the molecule is O=C(NC1CCN(Cc2ccc(Cl)cc2)CC1)c1cc2cc(Br)ccc2o1. The number of carbonyl (C=O) groups is 1. The Labute approximate surface area is 171 Å². The first-order valence-corrected chi connectivity index (χ1v) is 10.2. The van der Waals surface area contributed by atoms with Crippen LogP contribution in [-0.4, -0.2) is 29.9 Å². The molecule has 0 atom stereocenters. The highest BCUT2D eigenvalue weighted by atomic mass is 79.9. The molecule has 0 bridgehead atoms. The molecule has 3 aromatic rings. The van der Waals surface area contributed by atoms with E-state index in [0.29, 0.717) is 5.76 Å². The molecule has 0 spiro atoms. The van der Waals surface area contributed by atoms with Crippen molar-refractivity contribution in [3.63, 3.8) is 0 Å². The summed E-state index contributed by atoms with van der Waals surface area (Å²) in [6.45, 7) is 2.83. The lowest BCUT2D eigenvalue weighted by Gasteiger charge is -2.32. The van der Waals surface area contributed by atoms with Gasteiger partial charge in [0.05, 0.1) is 0 Å². The number of nitrogens with one attached hydrogen (secondary N) is 1. The number of rotatable bonds is 4. The Hall–Kier alpha value is -1.82. The second kappa shape index (κ2) is 8.05. The first-order valence-electron chi connectivity index (χ1n) is 9.03. The predicted octanol–water partition coefficient (Wildman–Crippen LogP) is 5.24. The minimum Gasteiger partial charge on any atom is -0.451 e. The van der Waals surface area contributed by atoms with Gasteiger partial charge in [-0.25, -0.2) is 0 Å². The average molecular weight is 448 g/mol. The van der Waals surface area contributed by atoms with Gasteiger partial charge in [0.25, 0.3) is 5.91 Å². The number of nitrogens with zero attached hydrogens (tertiary/aromatic N) is 1. The lowest BCUT2D eigenvalue weighted by molar-refractivity contribution is 0.0883. The van der Waals surface area contributed by atoms with Gasteiger partial charge in [-0.3, -0.25) is 9.69 Å². The van der Waals surface area contributed by atoms with Crippen LogP contribution in [0.5, 0.6) is 0 Å². The predicted molar refractivity (Wildman–Crippen MR) is 111 cm³/mol. The Morgan fingerprint density at radius 1 is 1.15 bits per heavy atom. The van der Waals surface area contributed by atoms with Gasteiger partial charge >= 0.3 is 0 Å². The van der Waals surface area contributed by atoms with Crippen molar-refractivity contribution in [3.8, 4) is 0 Å². The highest BCUT2D eigenvalue weighted by molar-refractivity contribution is 9.10. The largest absolute Gasteiger partial charge is 0.451 e. The molecule has 0 aliphatic carbocycles. The summed E-state index contributed by atoms with van der Waals surface area (Å²) in [5.74, 6) is 0.227. The molecule has 2 aromatic carbocycles. The first-order chi connectivity index (χ1) is 13.1. The molecule has 1 amide bonds. The normalized spacial score (nSPS) is 15.9. The van der Waals surface area contributed by atoms with Gasteiger partial charge in [-0.15, -0.1) is 0 Å². The molecule has 0 radical (unpaired) electrons. The van der Waals surface area contributed by atoms with Gasteiger partial charge in [-0.1, -0.05) is 39.7 Å². The van der Waals surface area contributed by atoms with Crippen molar-refractivity contribution in [1.29, 1.82) is 0 Å². The molecule has 2 heterocycles. The Kier molecular flexibility index (Phi) is 5.53. The fraction of sp³-hybridized carbons (Fsp3) is 0.286. The Bertz CT molecular complexity index is 946. The van der Waals surface area contributed by atoms with Gasteiger partial charge in [0.2, 0.25) is 0 Å².